The first-order chi connectivity index (χ1) is 30.6. The first-order valence-corrected chi connectivity index (χ1v) is 22.0. The Labute approximate surface area is 375 Å². The number of hydrogen-bond donors (Lipinski definition) is 5. The molecule has 338 valence electrons. The van der Waals surface area contributed by atoms with E-state index in [0.29, 0.717) is 35.1 Å². The van der Waals surface area contributed by atoms with Crippen molar-refractivity contribution >= 4 is 46.3 Å². The number of amides is 4. The molecular weight excluding hydrogens is 842 g/mol. The van der Waals surface area contributed by atoms with Crippen LogP contribution in [0.3, 0.4) is 0 Å². The predicted molar refractivity (Wildman–Crippen MR) is 241 cm³/mol. The SMILES string of the molecule is COc1cc(N2CC[C@H](OCC(=O)N[C@H](C(=O)N3C[C@H](O)C[C@H]3C(=O)N[C@@H](C)c3ccc(-c4scnc4C)cc3)C(C)(C)C)[C@@H](F)C2)ccc1NC(=O)c1cccc(-c2ccn[nH]2)n1. The molecule has 0 aliphatic carbocycles. The maximum Gasteiger partial charge on any atom is 0.274 e. The third-order valence-corrected chi connectivity index (χ3v) is 12.5. The number of alkyl halides is 1. The molecule has 2 aliphatic heterocycles. The van der Waals surface area contributed by atoms with E-state index in [2.05, 4.69) is 36.1 Å². The number of halogens is 1. The van der Waals surface area contributed by atoms with Crippen LogP contribution in [0, 0.1) is 12.3 Å². The summed E-state index contributed by atoms with van der Waals surface area (Å²) in [4.78, 5) is 67.4. The number of benzene rings is 2. The van der Waals surface area contributed by atoms with E-state index in [1.54, 1.807) is 86.3 Å². The van der Waals surface area contributed by atoms with Crippen molar-refractivity contribution < 1.29 is 38.1 Å². The number of methoxy groups -OCH3 is 1. The van der Waals surface area contributed by atoms with E-state index in [1.807, 2.05) is 43.0 Å². The van der Waals surface area contributed by atoms with Gasteiger partial charge in [-0.05, 0) is 67.1 Å². The number of aryl methyl sites for hydroxylation is 1. The molecule has 2 aromatic carbocycles. The second-order valence-electron chi connectivity index (χ2n) is 17.2. The number of piperidine rings is 1. The number of anilines is 2. The van der Waals surface area contributed by atoms with Crippen LogP contribution in [0.1, 0.15) is 68.3 Å². The molecule has 16 nitrogen and oxygen atoms in total. The number of nitrogens with zero attached hydrogens (tertiary/aromatic N) is 5. The quantitative estimate of drug-likeness (QED) is 0.0946. The minimum atomic E-state index is -1.45. The lowest BCUT2D eigenvalue weighted by atomic mass is 9.85. The summed E-state index contributed by atoms with van der Waals surface area (Å²) in [6, 6.07) is 17.4. The van der Waals surface area contributed by atoms with Crippen LogP contribution in [0.5, 0.6) is 5.75 Å². The van der Waals surface area contributed by atoms with Gasteiger partial charge in [-0.15, -0.1) is 11.3 Å². The van der Waals surface area contributed by atoms with Crippen LogP contribution in [0.2, 0.25) is 0 Å². The van der Waals surface area contributed by atoms with E-state index in [4.69, 9.17) is 9.47 Å². The number of aliphatic hydroxyl groups is 1. The number of carbonyl (C=O) groups is 4. The van der Waals surface area contributed by atoms with E-state index >= 15 is 4.39 Å². The smallest absolute Gasteiger partial charge is 0.274 e. The summed E-state index contributed by atoms with van der Waals surface area (Å²) in [6.45, 7) is 9.01. The Hall–Kier alpha value is -6.24. The zero-order valence-corrected chi connectivity index (χ0v) is 37.4. The van der Waals surface area contributed by atoms with E-state index in [9.17, 15) is 24.3 Å². The third-order valence-electron chi connectivity index (χ3n) is 11.5. The number of pyridine rings is 1. The van der Waals surface area contributed by atoms with Crippen molar-refractivity contribution in [3.8, 4) is 27.6 Å². The van der Waals surface area contributed by atoms with Crippen molar-refractivity contribution in [2.75, 3.05) is 43.6 Å². The Balaban J connectivity index is 0.914. The maximum atomic E-state index is 15.7. The molecule has 0 unspecified atom stereocenters. The number of β-amino-alcohol motifs (C(OH)–C–C–N with tert-alkyl or cyclic N) is 1. The van der Waals surface area contributed by atoms with Gasteiger partial charge >= 0.3 is 0 Å². The van der Waals surface area contributed by atoms with Crippen molar-refractivity contribution in [1.29, 1.82) is 0 Å². The summed E-state index contributed by atoms with van der Waals surface area (Å²) in [7, 11) is 1.48. The van der Waals surface area contributed by atoms with Crippen molar-refractivity contribution in [2.24, 2.45) is 5.41 Å². The molecule has 5 heterocycles. The molecule has 5 aromatic rings. The Morgan fingerprint density at radius 1 is 1.05 bits per heavy atom. The fourth-order valence-electron chi connectivity index (χ4n) is 7.98. The van der Waals surface area contributed by atoms with Gasteiger partial charge in [0.05, 0.1) is 65.1 Å². The van der Waals surface area contributed by atoms with Gasteiger partial charge in [0.1, 0.15) is 36.3 Å². The van der Waals surface area contributed by atoms with E-state index < -0.39 is 66.1 Å². The molecule has 0 radical (unpaired) electrons. The minimum absolute atomic E-state index is 0.0220. The second-order valence-corrected chi connectivity index (χ2v) is 18.1. The molecule has 2 fully saturated rings. The molecule has 2 aliphatic rings. The third kappa shape index (κ3) is 10.6. The molecule has 64 heavy (non-hydrogen) atoms. The summed E-state index contributed by atoms with van der Waals surface area (Å²) in [5, 5.41) is 26.1. The topological polar surface area (TPSA) is 204 Å². The standard InChI is InChI=1S/C46H54FN9O7S/c1-26(28-10-12-29(13-11-28)41-27(2)48-25-64-41)50-44(60)37-21-31(57)22-56(37)45(61)42(46(3,4)5)53-40(58)24-63-38-17-19-55(23-32(38)47)30-14-15-35(39(20-30)62-6)52-43(59)36-9-7-8-33(51-36)34-16-18-49-54-34/h7-16,18,20,25-26,31-32,37-38,42,57H,17,19,21-24H2,1-6H3,(H,49,54)(H,50,60)(H,52,59)(H,53,58)/t26-,31+,32-,37-,38-,42+/m0/s1. The lowest BCUT2D eigenvalue weighted by Gasteiger charge is -2.37. The molecule has 7 rings (SSSR count). The van der Waals surface area contributed by atoms with E-state index in [1.165, 1.54) is 12.0 Å². The first-order valence-electron chi connectivity index (χ1n) is 21.1. The molecule has 2 saturated heterocycles. The number of rotatable bonds is 14. The number of aliphatic hydroxyl groups excluding tert-OH is 1. The van der Waals surface area contributed by atoms with Crippen LogP contribution >= 0.6 is 11.3 Å². The lowest BCUT2D eigenvalue weighted by molar-refractivity contribution is -0.145. The van der Waals surface area contributed by atoms with Crippen molar-refractivity contribution in [1.82, 2.24) is 35.7 Å². The average Bonchev–Trinajstić information content (AvgIpc) is 4.07. The Bertz CT molecular complexity index is 2440. The summed E-state index contributed by atoms with van der Waals surface area (Å²) in [5.74, 6) is -1.60. The highest BCUT2D eigenvalue weighted by Gasteiger charge is 2.45. The fraction of sp³-hybridized carbons (Fsp3) is 0.413. The normalized spacial score (nSPS) is 19.8. The highest BCUT2D eigenvalue weighted by atomic mass is 32.1. The number of likely N-dealkylation sites (tertiary alicyclic amines) is 1. The monoisotopic (exact) mass is 895 g/mol. The maximum absolute atomic E-state index is 15.7. The molecule has 0 saturated carbocycles. The van der Waals surface area contributed by atoms with Gasteiger partial charge in [-0.2, -0.15) is 5.10 Å². The minimum Gasteiger partial charge on any atom is -0.494 e. The molecule has 6 atom stereocenters. The van der Waals surface area contributed by atoms with Gasteiger partial charge in [-0.1, -0.05) is 51.1 Å². The molecule has 0 spiro atoms. The summed E-state index contributed by atoms with van der Waals surface area (Å²) in [6.07, 6.45) is -1.34. The number of hydrogen-bond acceptors (Lipinski definition) is 12. The number of aromatic amines is 1. The van der Waals surface area contributed by atoms with Crippen LogP contribution in [-0.2, 0) is 19.1 Å². The van der Waals surface area contributed by atoms with E-state index in [0.717, 1.165) is 21.7 Å². The van der Waals surface area contributed by atoms with Crippen LogP contribution in [0.25, 0.3) is 21.8 Å². The number of nitrogens with one attached hydrogen (secondary N) is 4. The first kappa shape index (κ1) is 45.8. The van der Waals surface area contributed by atoms with Gasteiger partial charge in [0.15, 0.2) is 0 Å². The van der Waals surface area contributed by atoms with Crippen molar-refractivity contribution in [3.63, 3.8) is 0 Å². The van der Waals surface area contributed by atoms with Gasteiger partial charge in [-0.3, -0.25) is 24.3 Å². The Morgan fingerprint density at radius 2 is 1.83 bits per heavy atom. The summed E-state index contributed by atoms with van der Waals surface area (Å²) in [5.41, 5.74) is 6.37. The lowest BCUT2D eigenvalue weighted by Crippen LogP contribution is -2.58. The summed E-state index contributed by atoms with van der Waals surface area (Å²) >= 11 is 1.56. The second kappa shape index (κ2) is 19.7. The number of H-pyrrole nitrogens is 1. The van der Waals surface area contributed by atoms with E-state index in [-0.39, 0.29) is 37.7 Å². The molecular formula is C46H54FN9O7S. The fourth-order valence-corrected chi connectivity index (χ4v) is 8.79. The number of thiazole rings is 1. The summed E-state index contributed by atoms with van der Waals surface area (Å²) < 4.78 is 27.1. The van der Waals surface area contributed by atoms with Crippen molar-refractivity contribution in [3.05, 3.63) is 95.4 Å². The van der Waals surface area contributed by atoms with Crippen LogP contribution < -0.4 is 25.6 Å². The van der Waals surface area contributed by atoms with Gasteiger partial charge in [0.25, 0.3) is 5.91 Å². The van der Waals surface area contributed by atoms with Crippen LogP contribution in [-0.4, -0.2) is 118 Å². The predicted octanol–water partition coefficient (Wildman–Crippen LogP) is 5.47. The Kier molecular flexibility index (Phi) is 14.1. The Morgan fingerprint density at radius 3 is 2.50 bits per heavy atom. The van der Waals surface area contributed by atoms with Crippen molar-refractivity contribution in [2.45, 2.75) is 84.0 Å². The highest BCUT2D eigenvalue weighted by Crippen LogP contribution is 2.33. The van der Waals surface area contributed by atoms with Gasteiger partial charge in [0, 0.05) is 37.5 Å². The van der Waals surface area contributed by atoms with Gasteiger partial charge < -0.3 is 40.3 Å². The molecule has 5 N–H and O–H groups in total. The van der Waals surface area contributed by atoms with Crippen LogP contribution in [0.15, 0.2) is 78.4 Å². The number of carbonyl (C=O) groups excluding carboxylic acids is 4. The molecule has 0 bridgehead atoms. The average molecular weight is 896 g/mol. The van der Waals surface area contributed by atoms with Gasteiger partial charge in [0.2, 0.25) is 17.7 Å². The number of ether oxygens (including phenoxy) is 2. The molecule has 18 heteroatoms. The molecule has 4 amide bonds. The zero-order valence-electron chi connectivity index (χ0n) is 36.6. The highest BCUT2D eigenvalue weighted by molar-refractivity contribution is 7.13. The van der Waals surface area contributed by atoms with Crippen LogP contribution in [0.4, 0.5) is 15.8 Å². The van der Waals surface area contributed by atoms with Gasteiger partial charge in [-0.25, -0.2) is 14.4 Å². The molecule has 3 aromatic heterocycles. The largest absolute Gasteiger partial charge is 0.494 e. The number of aromatic nitrogens is 4. The zero-order chi connectivity index (χ0) is 45.7.